The summed E-state index contributed by atoms with van der Waals surface area (Å²) in [6, 6.07) is 7.56. The number of benzene rings is 1. The molecule has 0 atom stereocenters. The van der Waals surface area contributed by atoms with E-state index in [1.54, 1.807) is 12.1 Å². The van der Waals surface area contributed by atoms with E-state index in [2.05, 4.69) is 6.92 Å². The van der Waals surface area contributed by atoms with Crippen LogP contribution in [0.25, 0.3) is 0 Å². The summed E-state index contributed by atoms with van der Waals surface area (Å²) in [5.74, 6) is 0.358. The van der Waals surface area contributed by atoms with Crippen molar-refractivity contribution in [2.45, 2.75) is 51.4 Å². The van der Waals surface area contributed by atoms with Crippen LogP contribution < -0.4 is 0 Å². The minimum Gasteiger partial charge on any atom is -0.508 e. The van der Waals surface area contributed by atoms with Crippen LogP contribution in [0.4, 0.5) is 0 Å². The Bertz CT molecular complexity index is 263. The van der Waals surface area contributed by atoms with Crippen LogP contribution >= 0.6 is 0 Å². The molecule has 1 aromatic rings. The normalized spacial score (nSPS) is 10.6. The van der Waals surface area contributed by atoms with Crippen molar-refractivity contribution in [1.29, 1.82) is 0 Å². The van der Waals surface area contributed by atoms with Gasteiger partial charge in [-0.25, -0.2) is 0 Å². The molecule has 0 fully saturated rings. The predicted molar refractivity (Wildman–Crippen MR) is 69.5 cm³/mol. The van der Waals surface area contributed by atoms with Gasteiger partial charge in [0.15, 0.2) is 0 Å². The highest BCUT2D eigenvalue weighted by Crippen LogP contribution is 2.13. The van der Waals surface area contributed by atoms with Crippen molar-refractivity contribution in [2.24, 2.45) is 0 Å². The van der Waals surface area contributed by atoms with Crippen LogP contribution in [0.2, 0.25) is 0 Å². The lowest BCUT2D eigenvalue weighted by Crippen LogP contribution is -1.85. The van der Waals surface area contributed by atoms with Gasteiger partial charge in [0.25, 0.3) is 0 Å². The molecule has 1 heteroatoms. The van der Waals surface area contributed by atoms with Gasteiger partial charge in [0, 0.05) is 0 Å². The van der Waals surface area contributed by atoms with Crippen molar-refractivity contribution in [3.05, 3.63) is 36.8 Å². The summed E-state index contributed by atoms with van der Waals surface area (Å²) in [5, 5.41) is 9.14. The molecule has 1 aromatic carbocycles. The molecular formula is C15H23O. The molecule has 0 aliphatic rings. The second-order valence-electron chi connectivity index (χ2n) is 4.39. The summed E-state index contributed by atoms with van der Waals surface area (Å²) in [6.07, 6.45) is 10.1. The SMILES string of the molecule is [CH2]CCCCCCCCc1ccc(O)cc1. The Balaban J connectivity index is 2.01. The Morgan fingerprint density at radius 3 is 2.00 bits per heavy atom. The smallest absolute Gasteiger partial charge is 0.115 e. The molecule has 1 rings (SSSR count). The maximum atomic E-state index is 9.14. The first-order chi connectivity index (χ1) is 7.83. The van der Waals surface area contributed by atoms with Crippen molar-refractivity contribution in [3.8, 4) is 5.75 Å². The minimum absolute atomic E-state index is 0.358. The van der Waals surface area contributed by atoms with Crippen molar-refractivity contribution >= 4 is 0 Å². The molecule has 0 aromatic heterocycles. The van der Waals surface area contributed by atoms with Crippen molar-refractivity contribution in [1.82, 2.24) is 0 Å². The highest BCUT2D eigenvalue weighted by atomic mass is 16.3. The van der Waals surface area contributed by atoms with E-state index in [1.807, 2.05) is 12.1 Å². The number of aryl methyl sites for hydroxylation is 1. The molecule has 0 unspecified atom stereocenters. The van der Waals surface area contributed by atoms with Gasteiger partial charge in [-0.1, -0.05) is 57.6 Å². The average Bonchev–Trinajstić information content (AvgIpc) is 2.30. The topological polar surface area (TPSA) is 20.2 Å². The third-order valence-corrected chi connectivity index (χ3v) is 2.90. The highest BCUT2D eigenvalue weighted by Gasteiger charge is 1.94. The second-order valence-corrected chi connectivity index (χ2v) is 4.39. The third kappa shape index (κ3) is 5.79. The van der Waals surface area contributed by atoms with E-state index >= 15 is 0 Å². The lowest BCUT2D eigenvalue weighted by molar-refractivity contribution is 0.475. The number of phenolic OH excluding ortho intramolecular Hbond substituents is 1. The summed E-state index contributed by atoms with van der Waals surface area (Å²) >= 11 is 0. The summed E-state index contributed by atoms with van der Waals surface area (Å²) in [5.41, 5.74) is 1.33. The van der Waals surface area contributed by atoms with Crippen LogP contribution in [0, 0.1) is 6.92 Å². The summed E-state index contributed by atoms with van der Waals surface area (Å²) in [6.45, 7) is 3.85. The molecule has 0 saturated heterocycles. The van der Waals surface area contributed by atoms with Crippen LogP contribution in [-0.2, 0) is 6.42 Å². The molecule has 16 heavy (non-hydrogen) atoms. The number of aromatic hydroxyl groups is 1. The largest absolute Gasteiger partial charge is 0.508 e. The lowest BCUT2D eigenvalue weighted by Gasteiger charge is -2.02. The zero-order chi connectivity index (χ0) is 11.6. The molecule has 1 radical (unpaired) electrons. The fourth-order valence-electron chi connectivity index (χ4n) is 1.88. The van der Waals surface area contributed by atoms with Crippen molar-refractivity contribution < 1.29 is 5.11 Å². The van der Waals surface area contributed by atoms with Crippen LogP contribution in [0.5, 0.6) is 5.75 Å². The van der Waals surface area contributed by atoms with Crippen LogP contribution in [0.15, 0.2) is 24.3 Å². The van der Waals surface area contributed by atoms with Crippen LogP contribution in [0.3, 0.4) is 0 Å². The summed E-state index contributed by atoms with van der Waals surface area (Å²) in [4.78, 5) is 0. The molecule has 0 spiro atoms. The van der Waals surface area contributed by atoms with Gasteiger partial charge in [0.05, 0.1) is 0 Å². The van der Waals surface area contributed by atoms with Crippen molar-refractivity contribution in [2.75, 3.05) is 0 Å². The average molecular weight is 219 g/mol. The predicted octanol–water partition coefficient (Wildman–Crippen LogP) is 4.50. The fraction of sp³-hybridized carbons (Fsp3) is 0.533. The zero-order valence-corrected chi connectivity index (χ0v) is 10.1. The first kappa shape index (κ1) is 13.1. The molecule has 89 valence electrons. The van der Waals surface area contributed by atoms with E-state index in [0.29, 0.717) is 5.75 Å². The van der Waals surface area contributed by atoms with Gasteiger partial charge in [-0.2, -0.15) is 0 Å². The monoisotopic (exact) mass is 219 g/mol. The Morgan fingerprint density at radius 2 is 1.38 bits per heavy atom. The molecular weight excluding hydrogens is 196 g/mol. The third-order valence-electron chi connectivity index (χ3n) is 2.90. The molecule has 0 aliphatic heterocycles. The molecule has 1 nitrogen and oxygen atoms in total. The minimum atomic E-state index is 0.358. The Kier molecular flexibility index (Phi) is 6.71. The Labute approximate surface area is 99.5 Å². The maximum Gasteiger partial charge on any atom is 0.115 e. The van der Waals surface area contributed by atoms with Crippen LogP contribution in [-0.4, -0.2) is 5.11 Å². The number of rotatable bonds is 8. The van der Waals surface area contributed by atoms with E-state index in [0.717, 1.165) is 12.8 Å². The van der Waals surface area contributed by atoms with Gasteiger partial charge in [0.1, 0.15) is 5.75 Å². The summed E-state index contributed by atoms with van der Waals surface area (Å²) in [7, 11) is 0. The molecule has 1 N–H and O–H groups in total. The van der Waals surface area contributed by atoms with Crippen LogP contribution in [0.1, 0.15) is 50.5 Å². The fourth-order valence-corrected chi connectivity index (χ4v) is 1.88. The molecule has 0 saturated carbocycles. The summed E-state index contributed by atoms with van der Waals surface area (Å²) < 4.78 is 0. The van der Waals surface area contributed by atoms with Gasteiger partial charge in [0.2, 0.25) is 0 Å². The maximum absolute atomic E-state index is 9.14. The number of hydrogen-bond donors (Lipinski definition) is 1. The van der Waals surface area contributed by atoms with Crippen molar-refractivity contribution in [3.63, 3.8) is 0 Å². The molecule has 0 amide bonds. The lowest BCUT2D eigenvalue weighted by atomic mass is 10.0. The van der Waals surface area contributed by atoms with Gasteiger partial charge in [-0.05, 0) is 30.5 Å². The number of unbranched alkanes of at least 4 members (excludes halogenated alkanes) is 6. The molecule has 0 heterocycles. The van der Waals surface area contributed by atoms with E-state index in [1.165, 1.54) is 44.1 Å². The van der Waals surface area contributed by atoms with E-state index in [-0.39, 0.29) is 0 Å². The van der Waals surface area contributed by atoms with Gasteiger partial charge in [-0.3, -0.25) is 0 Å². The Morgan fingerprint density at radius 1 is 0.812 bits per heavy atom. The van der Waals surface area contributed by atoms with E-state index < -0.39 is 0 Å². The first-order valence-electron chi connectivity index (χ1n) is 6.40. The Hall–Kier alpha value is -0.980. The second kappa shape index (κ2) is 8.20. The number of phenols is 1. The van der Waals surface area contributed by atoms with Gasteiger partial charge >= 0.3 is 0 Å². The van der Waals surface area contributed by atoms with E-state index in [9.17, 15) is 0 Å². The van der Waals surface area contributed by atoms with Gasteiger partial charge in [-0.15, -0.1) is 0 Å². The molecule has 0 bridgehead atoms. The van der Waals surface area contributed by atoms with Gasteiger partial charge < -0.3 is 5.11 Å². The quantitative estimate of drug-likeness (QED) is 0.638. The standard InChI is InChI=1S/C15H23O/c1-2-3-4-5-6-7-8-9-14-10-12-15(16)13-11-14/h10-13,16H,1-9H2. The molecule has 0 aliphatic carbocycles. The van der Waals surface area contributed by atoms with E-state index in [4.69, 9.17) is 5.11 Å². The highest BCUT2D eigenvalue weighted by molar-refractivity contribution is 5.25. The first-order valence-corrected chi connectivity index (χ1v) is 6.40. The zero-order valence-electron chi connectivity index (χ0n) is 10.1. The number of hydrogen-bond acceptors (Lipinski definition) is 1.